The second kappa shape index (κ2) is 5.64. The molecule has 84 valence electrons. The summed E-state index contributed by atoms with van der Waals surface area (Å²) in [5, 5.41) is 11.0. The van der Waals surface area contributed by atoms with Crippen LogP contribution in [0.15, 0.2) is 17.5 Å². The van der Waals surface area contributed by atoms with Crippen molar-refractivity contribution >= 4 is 11.3 Å². The molecule has 0 bridgehead atoms. The van der Waals surface area contributed by atoms with E-state index in [0.717, 1.165) is 12.3 Å². The van der Waals surface area contributed by atoms with Gasteiger partial charge in [0.2, 0.25) is 0 Å². The normalized spacial score (nSPS) is 22.3. The van der Waals surface area contributed by atoms with Crippen LogP contribution in [0.25, 0.3) is 0 Å². The topological polar surface area (TPSA) is 23.5 Å². The molecule has 0 saturated carbocycles. The summed E-state index contributed by atoms with van der Waals surface area (Å²) < 4.78 is 0. The first kappa shape index (κ1) is 11.1. The molecule has 2 heterocycles. The van der Waals surface area contributed by atoms with E-state index in [9.17, 15) is 0 Å². The van der Waals surface area contributed by atoms with E-state index in [2.05, 4.69) is 22.4 Å². The molecule has 2 nitrogen and oxygen atoms in total. The van der Waals surface area contributed by atoms with Gasteiger partial charge in [0, 0.05) is 24.6 Å². The molecule has 1 unspecified atom stereocenters. The first-order chi connectivity index (χ1) is 7.38. The summed E-state index contributed by atoms with van der Waals surface area (Å²) in [6.07, 6.45) is 3.43. The highest BCUT2D eigenvalue weighted by molar-refractivity contribution is 7.09. The second-order valence-electron chi connectivity index (χ2n) is 4.30. The number of nitrogens with zero attached hydrogens (tertiary/aromatic N) is 1. The minimum Gasteiger partial charge on any atom is -0.396 e. The largest absolute Gasteiger partial charge is 0.396 e. The molecule has 1 aliphatic rings. The summed E-state index contributed by atoms with van der Waals surface area (Å²) in [5.74, 6) is 0.735. The summed E-state index contributed by atoms with van der Waals surface area (Å²) in [5.41, 5.74) is 0. The predicted molar refractivity (Wildman–Crippen MR) is 64.3 cm³/mol. The van der Waals surface area contributed by atoms with Gasteiger partial charge in [-0.05, 0) is 43.2 Å². The maximum absolute atomic E-state index is 8.88. The molecule has 15 heavy (non-hydrogen) atoms. The Labute approximate surface area is 95.5 Å². The van der Waals surface area contributed by atoms with Crippen LogP contribution in [0.3, 0.4) is 0 Å². The first-order valence-corrected chi connectivity index (χ1v) is 6.62. The number of hydrogen-bond donors (Lipinski definition) is 1. The van der Waals surface area contributed by atoms with Gasteiger partial charge in [-0.2, -0.15) is 0 Å². The summed E-state index contributed by atoms with van der Waals surface area (Å²) in [4.78, 5) is 4.01. The molecule has 1 N–H and O–H groups in total. The number of rotatable bonds is 5. The van der Waals surface area contributed by atoms with Crippen molar-refractivity contribution in [1.82, 2.24) is 4.90 Å². The second-order valence-corrected chi connectivity index (χ2v) is 5.33. The van der Waals surface area contributed by atoms with Crippen LogP contribution in [0.5, 0.6) is 0 Å². The highest BCUT2D eigenvalue weighted by atomic mass is 32.1. The van der Waals surface area contributed by atoms with Gasteiger partial charge in [0.1, 0.15) is 0 Å². The lowest BCUT2D eigenvalue weighted by molar-refractivity contribution is 0.251. The zero-order chi connectivity index (χ0) is 10.5. The van der Waals surface area contributed by atoms with E-state index in [1.165, 1.54) is 37.4 Å². The molecule has 0 aromatic carbocycles. The van der Waals surface area contributed by atoms with Gasteiger partial charge in [0.15, 0.2) is 0 Å². The van der Waals surface area contributed by atoms with Crippen molar-refractivity contribution in [3.05, 3.63) is 22.4 Å². The zero-order valence-corrected chi connectivity index (χ0v) is 9.88. The van der Waals surface area contributed by atoms with E-state index in [1.807, 2.05) is 11.3 Å². The fourth-order valence-corrected chi connectivity index (χ4v) is 2.96. The fourth-order valence-electron chi connectivity index (χ4n) is 2.26. The molecule has 1 saturated heterocycles. The van der Waals surface area contributed by atoms with Crippen LogP contribution in [-0.4, -0.2) is 36.2 Å². The molecule has 0 spiro atoms. The summed E-state index contributed by atoms with van der Waals surface area (Å²) >= 11 is 1.85. The van der Waals surface area contributed by atoms with Crippen LogP contribution >= 0.6 is 11.3 Å². The highest BCUT2D eigenvalue weighted by Crippen LogP contribution is 2.19. The Balaban J connectivity index is 1.69. The van der Waals surface area contributed by atoms with Crippen LogP contribution in [-0.2, 0) is 6.42 Å². The standard InChI is InChI=1S/C12H19NOS/c14-8-5-11-3-6-13(10-11)7-4-12-2-1-9-15-12/h1-2,9,11,14H,3-8,10H2. The summed E-state index contributed by atoms with van der Waals surface area (Å²) in [6, 6.07) is 4.34. The van der Waals surface area contributed by atoms with Gasteiger partial charge in [0.05, 0.1) is 0 Å². The van der Waals surface area contributed by atoms with Crippen LogP contribution in [0.4, 0.5) is 0 Å². The SMILES string of the molecule is OCCC1CCN(CCc2cccs2)C1. The van der Waals surface area contributed by atoms with Gasteiger partial charge < -0.3 is 10.0 Å². The van der Waals surface area contributed by atoms with Gasteiger partial charge in [-0.1, -0.05) is 6.07 Å². The molecule has 1 atom stereocenters. The average molecular weight is 225 g/mol. The van der Waals surface area contributed by atoms with Crippen molar-refractivity contribution in [2.75, 3.05) is 26.2 Å². The van der Waals surface area contributed by atoms with E-state index in [4.69, 9.17) is 5.11 Å². The number of hydrogen-bond acceptors (Lipinski definition) is 3. The van der Waals surface area contributed by atoms with Gasteiger partial charge in [-0.15, -0.1) is 11.3 Å². The van der Waals surface area contributed by atoms with Crippen molar-refractivity contribution in [3.8, 4) is 0 Å². The maximum Gasteiger partial charge on any atom is 0.0434 e. The smallest absolute Gasteiger partial charge is 0.0434 e. The van der Waals surface area contributed by atoms with Gasteiger partial charge in [0.25, 0.3) is 0 Å². The number of thiophene rings is 1. The molecule has 3 heteroatoms. The van der Waals surface area contributed by atoms with Crippen LogP contribution < -0.4 is 0 Å². The minimum atomic E-state index is 0.351. The number of likely N-dealkylation sites (tertiary alicyclic amines) is 1. The lowest BCUT2D eigenvalue weighted by atomic mass is 10.1. The monoisotopic (exact) mass is 225 g/mol. The van der Waals surface area contributed by atoms with Crippen molar-refractivity contribution < 1.29 is 5.11 Å². The Morgan fingerprint density at radius 3 is 3.20 bits per heavy atom. The van der Waals surface area contributed by atoms with Crippen LogP contribution in [0.2, 0.25) is 0 Å². The third-order valence-corrected chi connectivity index (χ3v) is 4.10. The highest BCUT2D eigenvalue weighted by Gasteiger charge is 2.21. The van der Waals surface area contributed by atoms with E-state index < -0.39 is 0 Å². The maximum atomic E-state index is 8.88. The Hall–Kier alpha value is -0.380. The molecule has 1 aromatic rings. The molecule has 1 aliphatic heterocycles. The van der Waals surface area contributed by atoms with E-state index >= 15 is 0 Å². The number of aliphatic hydroxyl groups excluding tert-OH is 1. The fraction of sp³-hybridized carbons (Fsp3) is 0.667. The molecule has 2 rings (SSSR count). The van der Waals surface area contributed by atoms with Crippen molar-refractivity contribution in [1.29, 1.82) is 0 Å². The van der Waals surface area contributed by atoms with Crippen molar-refractivity contribution in [3.63, 3.8) is 0 Å². The summed E-state index contributed by atoms with van der Waals surface area (Å²) in [7, 11) is 0. The Kier molecular flexibility index (Phi) is 4.18. The lowest BCUT2D eigenvalue weighted by Crippen LogP contribution is -2.23. The van der Waals surface area contributed by atoms with Gasteiger partial charge >= 0.3 is 0 Å². The quantitative estimate of drug-likeness (QED) is 0.828. The van der Waals surface area contributed by atoms with Gasteiger partial charge in [-0.3, -0.25) is 0 Å². The Morgan fingerprint density at radius 2 is 2.47 bits per heavy atom. The van der Waals surface area contributed by atoms with Crippen molar-refractivity contribution in [2.24, 2.45) is 5.92 Å². The minimum absolute atomic E-state index is 0.351. The first-order valence-electron chi connectivity index (χ1n) is 5.74. The van der Waals surface area contributed by atoms with E-state index in [-0.39, 0.29) is 0 Å². The van der Waals surface area contributed by atoms with E-state index in [1.54, 1.807) is 0 Å². The lowest BCUT2D eigenvalue weighted by Gasteiger charge is -2.14. The Morgan fingerprint density at radius 1 is 1.53 bits per heavy atom. The predicted octanol–water partition coefficient (Wildman–Crippen LogP) is 1.99. The molecule has 1 aromatic heterocycles. The molecule has 0 radical (unpaired) electrons. The van der Waals surface area contributed by atoms with E-state index in [0.29, 0.717) is 6.61 Å². The molecule has 1 fully saturated rings. The molecule has 0 amide bonds. The third-order valence-electron chi connectivity index (χ3n) is 3.16. The molecular formula is C12H19NOS. The average Bonchev–Trinajstić information content (AvgIpc) is 2.85. The van der Waals surface area contributed by atoms with Gasteiger partial charge in [-0.25, -0.2) is 0 Å². The van der Waals surface area contributed by atoms with Crippen LogP contribution in [0, 0.1) is 5.92 Å². The third kappa shape index (κ3) is 3.30. The van der Waals surface area contributed by atoms with Crippen LogP contribution in [0.1, 0.15) is 17.7 Å². The zero-order valence-electron chi connectivity index (χ0n) is 9.06. The molecular weight excluding hydrogens is 206 g/mol. The number of aliphatic hydroxyl groups is 1. The Bertz CT molecular complexity index is 273. The summed E-state index contributed by atoms with van der Waals surface area (Å²) in [6.45, 7) is 3.94. The van der Waals surface area contributed by atoms with Crippen molar-refractivity contribution in [2.45, 2.75) is 19.3 Å². The molecule has 0 aliphatic carbocycles.